The van der Waals surface area contributed by atoms with Gasteiger partial charge in [0.15, 0.2) is 0 Å². The van der Waals surface area contributed by atoms with Crippen LogP contribution >= 0.6 is 0 Å². The van der Waals surface area contributed by atoms with Gasteiger partial charge in [0.1, 0.15) is 14.4 Å². The average molecular weight is 349 g/mol. The van der Waals surface area contributed by atoms with Crippen molar-refractivity contribution in [3.8, 4) is 0 Å². The van der Waals surface area contributed by atoms with Gasteiger partial charge in [-0.2, -0.15) is 0 Å². The molecule has 0 aliphatic carbocycles. The van der Waals surface area contributed by atoms with Crippen LogP contribution in [0.5, 0.6) is 0 Å². The fraction of sp³-hybridized carbons (Fsp3) is 0.261. The lowest BCUT2D eigenvalue weighted by molar-refractivity contribution is -0.107. The summed E-state index contributed by atoms with van der Waals surface area (Å²) in [5.74, 6) is 0. The molecule has 0 aliphatic rings. The number of hydrogen-bond donors (Lipinski definition) is 0. The van der Waals surface area contributed by atoms with E-state index in [0.717, 1.165) is 11.9 Å². The molecular weight excluding hydrogens is 320 g/mol. The van der Waals surface area contributed by atoms with Crippen molar-refractivity contribution in [1.29, 1.82) is 0 Å². The molecule has 2 aromatic rings. The molecule has 2 heteroatoms. The number of benzene rings is 2. The largest absolute Gasteiger partial charge is 0.303 e. The monoisotopic (exact) mass is 348 g/mol. The van der Waals surface area contributed by atoms with Gasteiger partial charge in [0.25, 0.3) is 0 Å². The predicted octanol–water partition coefficient (Wildman–Crippen LogP) is 4.75. The summed E-state index contributed by atoms with van der Waals surface area (Å²) in [4.78, 5) is 12.3. The van der Waals surface area contributed by atoms with Crippen molar-refractivity contribution in [2.24, 2.45) is 0 Å². The van der Waals surface area contributed by atoms with Gasteiger partial charge in [-0.05, 0) is 12.0 Å². The molecule has 2 aromatic carbocycles. The van der Waals surface area contributed by atoms with Gasteiger partial charge >= 0.3 is 0 Å². The van der Waals surface area contributed by atoms with Gasteiger partial charge in [-0.3, -0.25) is 0 Å². The van der Waals surface area contributed by atoms with E-state index in [1.807, 2.05) is 25.1 Å². The molecule has 0 bridgehead atoms. The lowest BCUT2D eigenvalue weighted by Gasteiger charge is -2.46. The topological polar surface area (TPSA) is 17.1 Å². The van der Waals surface area contributed by atoms with Crippen LogP contribution in [-0.2, 0) is 4.79 Å². The van der Waals surface area contributed by atoms with Gasteiger partial charge in [-0.1, -0.05) is 116 Å². The molecule has 0 saturated heterocycles. The van der Waals surface area contributed by atoms with Crippen molar-refractivity contribution < 1.29 is 4.79 Å². The highest BCUT2D eigenvalue weighted by atomic mass is 28.3. The molecule has 2 rings (SSSR count). The molecule has 130 valence electrons. The van der Waals surface area contributed by atoms with Crippen molar-refractivity contribution in [2.45, 2.75) is 38.3 Å². The average Bonchev–Trinajstić information content (AvgIpc) is 2.59. The van der Waals surface area contributed by atoms with Gasteiger partial charge in [0.2, 0.25) is 0 Å². The van der Waals surface area contributed by atoms with E-state index < -0.39 is 8.07 Å². The first-order valence-electron chi connectivity index (χ1n) is 8.74. The summed E-state index contributed by atoms with van der Waals surface area (Å²) in [6.45, 7) is 12.7. The molecule has 0 spiro atoms. The fourth-order valence-electron chi connectivity index (χ4n) is 3.88. The lowest BCUT2D eigenvalue weighted by atomic mass is 10.2. The zero-order chi connectivity index (χ0) is 18.5. The summed E-state index contributed by atoms with van der Waals surface area (Å²) in [5.41, 5.74) is 0.804. The highest BCUT2D eigenvalue weighted by Crippen LogP contribution is 2.43. The number of carbonyl (C=O) groups is 1. The molecule has 25 heavy (non-hydrogen) atoms. The summed E-state index contributed by atoms with van der Waals surface area (Å²) >= 11 is 0. The third-order valence-corrected chi connectivity index (χ3v) is 11.1. The van der Waals surface area contributed by atoms with Crippen molar-refractivity contribution in [1.82, 2.24) is 0 Å². The van der Waals surface area contributed by atoms with Crippen molar-refractivity contribution in [3.63, 3.8) is 0 Å². The highest BCUT2D eigenvalue weighted by Gasteiger charge is 2.52. The van der Waals surface area contributed by atoms with Gasteiger partial charge in [0, 0.05) is 5.54 Å². The number of allylic oxidation sites excluding steroid dienone is 3. The van der Waals surface area contributed by atoms with E-state index in [1.165, 1.54) is 10.4 Å². The molecule has 0 aromatic heterocycles. The number of carbonyl (C=O) groups excluding carboxylic acids is 1. The fourth-order valence-corrected chi connectivity index (χ4v) is 9.74. The van der Waals surface area contributed by atoms with Crippen LogP contribution in [0, 0.1) is 0 Å². The Bertz CT molecular complexity index is 699. The first-order valence-corrected chi connectivity index (χ1v) is 10.8. The van der Waals surface area contributed by atoms with Crippen molar-refractivity contribution in [3.05, 3.63) is 85.0 Å². The number of rotatable bonds is 6. The normalized spacial score (nSPS) is 13.6. The molecule has 0 heterocycles. The van der Waals surface area contributed by atoms with Crippen LogP contribution in [0.25, 0.3) is 0 Å². The van der Waals surface area contributed by atoms with Crippen LogP contribution in [0.1, 0.15) is 27.7 Å². The Kier molecular flexibility index (Phi) is 5.96. The Morgan fingerprint density at radius 3 is 1.72 bits per heavy atom. The van der Waals surface area contributed by atoms with Crippen LogP contribution in [0.2, 0.25) is 10.6 Å². The van der Waals surface area contributed by atoms with Crippen LogP contribution in [0.4, 0.5) is 0 Å². The van der Waals surface area contributed by atoms with Gasteiger partial charge in [0.05, 0.1) is 0 Å². The molecule has 0 N–H and O–H groups in total. The summed E-state index contributed by atoms with van der Waals surface area (Å²) < 4.78 is 0. The minimum absolute atomic E-state index is 0.0410. The van der Waals surface area contributed by atoms with E-state index >= 15 is 0 Å². The maximum absolute atomic E-state index is 12.3. The van der Waals surface area contributed by atoms with Crippen LogP contribution < -0.4 is 10.4 Å². The van der Waals surface area contributed by atoms with Gasteiger partial charge in [-0.25, -0.2) is 0 Å². The van der Waals surface area contributed by atoms with Crippen LogP contribution in [0.15, 0.2) is 85.0 Å². The van der Waals surface area contributed by atoms with E-state index in [4.69, 9.17) is 0 Å². The lowest BCUT2D eigenvalue weighted by Crippen LogP contribution is -2.67. The number of hydrogen-bond acceptors (Lipinski definition) is 1. The second-order valence-electron chi connectivity index (χ2n) is 7.66. The van der Waals surface area contributed by atoms with Crippen LogP contribution in [0.3, 0.4) is 0 Å². The maximum Gasteiger partial charge on any atom is 0.137 e. The summed E-state index contributed by atoms with van der Waals surface area (Å²) in [6.07, 6.45) is 5.18. The molecule has 0 aliphatic heterocycles. The Hall–Kier alpha value is -2.19. The van der Waals surface area contributed by atoms with Crippen molar-refractivity contribution >= 4 is 24.7 Å². The second kappa shape index (κ2) is 7.79. The Morgan fingerprint density at radius 2 is 1.40 bits per heavy atom. The minimum Gasteiger partial charge on any atom is -0.303 e. The zero-order valence-electron chi connectivity index (χ0n) is 15.7. The maximum atomic E-state index is 12.3. The molecule has 0 fully saturated rings. The van der Waals surface area contributed by atoms with Crippen molar-refractivity contribution in [2.75, 3.05) is 0 Å². The third-order valence-electron chi connectivity index (χ3n) is 4.88. The SMILES string of the molecule is C=C(C)/C=C\[C@@H](C=O)[Si](c1ccccc1)(c1ccccc1)C(C)(C)C. The molecular formula is C23H28OSi. The molecule has 1 nitrogen and oxygen atoms in total. The third kappa shape index (κ3) is 3.74. The van der Waals surface area contributed by atoms with E-state index in [2.05, 4.69) is 82.0 Å². The zero-order valence-corrected chi connectivity index (χ0v) is 16.7. The Labute approximate surface area is 153 Å². The van der Waals surface area contributed by atoms with E-state index in [9.17, 15) is 4.79 Å². The molecule has 1 atom stereocenters. The van der Waals surface area contributed by atoms with Gasteiger partial charge in [-0.15, -0.1) is 0 Å². The molecule has 0 saturated carbocycles. The Balaban J connectivity index is 2.85. The van der Waals surface area contributed by atoms with Gasteiger partial charge < -0.3 is 4.79 Å². The quantitative estimate of drug-likeness (QED) is 0.418. The van der Waals surface area contributed by atoms with Crippen LogP contribution in [-0.4, -0.2) is 14.4 Å². The Morgan fingerprint density at radius 1 is 0.960 bits per heavy atom. The van der Waals surface area contributed by atoms with E-state index in [0.29, 0.717) is 0 Å². The predicted molar refractivity (Wildman–Crippen MR) is 111 cm³/mol. The summed E-state index contributed by atoms with van der Waals surface area (Å²) in [6, 6.07) is 21.2. The second-order valence-corrected chi connectivity index (χ2v) is 12.6. The summed E-state index contributed by atoms with van der Waals surface area (Å²) in [5, 5.41) is 2.54. The number of aldehydes is 1. The highest BCUT2D eigenvalue weighted by molar-refractivity contribution is 7.06. The standard InChI is InChI=1S/C23H28OSi/c1-19(2)16-17-22(18-24)25(23(3,4)5,20-12-8-6-9-13-20)21-14-10-7-11-15-21/h6-18,22H,1H2,2-5H3/b17-16-/t22-/m0/s1. The van der Waals surface area contributed by atoms with E-state index in [1.54, 1.807) is 0 Å². The first-order chi connectivity index (χ1) is 11.8. The minimum atomic E-state index is -2.44. The molecule has 0 unspecified atom stereocenters. The smallest absolute Gasteiger partial charge is 0.137 e. The first kappa shape index (κ1) is 19.1. The van der Waals surface area contributed by atoms with E-state index in [-0.39, 0.29) is 10.6 Å². The summed E-state index contributed by atoms with van der Waals surface area (Å²) in [7, 11) is -2.44. The molecule has 0 amide bonds. The molecule has 0 radical (unpaired) electrons.